The number of thiazole rings is 1. The van der Waals surface area contributed by atoms with Gasteiger partial charge in [0.2, 0.25) is 0 Å². The van der Waals surface area contributed by atoms with Crippen LogP contribution in [0.3, 0.4) is 0 Å². The first kappa shape index (κ1) is 22.6. The van der Waals surface area contributed by atoms with Crippen molar-refractivity contribution in [1.29, 1.82) is 0 Å². The molecule has 0 radical (unpaired) electrons. The molecule has 0 unspecified atom stereocenters. The fourth-order valence-electron chi connectivity index (χ4n) is 3.65. The van der Waals surface area contributed by atoms with Crippen LogP contribution in [0.4, 0.5) is 5.69 Å². The molecule has 0 atom stereocenters. The Labute approximate surface area is 200 Å². The summed E-state index contributed by atoms with van der Waals surface area (Å²) in [6.07, 6.45) is 1.04. The van der Waals surface area contributed by atoms with Crippen LogP contribution in [0.1, 0.15) is 26.0 Å². The van der Waals surface area contributed by atoms with Crippen LogP contribution >= 0.6 is 27.3 Å². The van der Waals surface area contributed by atoms with E-state index in [9.17, 15) is 4.79 Å². The van der Waals surface area contributed by atoms with E-state index >= 15 is 0 Å². The van der Waals surface area contributed by atoms with Gasteiger partial charge in [-0.2, -0.15) is 0 Å². The lowest BCUT2D eigenvalue weighted by Crippen LogP contribution is -2.20. The minimum atomic E-state index is -0.106. The lowest BCUT2D eigenvalue weighted by Gasteiger charge is -2.11. The molecule has 0 spiro atoms. The van der Waals surface area contributed by atoms with Crippen molar-refractivity contribution in [2.75, 3.05) is 0 Å². The molecule has 32 heavy (non-hydrogen) atoms. The molecule has 0 bridgehead atoms. The number of halogens is 1. The van der Waals surface area contributed by atoms with E-state index in [2.05, 4.69) is 64.0 Å². The van der Waals surface area contributed by atoms with Crippen molar-refractivity contribution in [3.8, 4) is 16.9 Å². The Morgan fingerprint density at radius 2 is 1.75 bits per heavy atom. The van der Waals surface area contributed by atoms with Crippen LogP contribution in [0.2, 0.25) is 0 Å². The molecule has 2 heterocycles. The van der Waals surface area contributed by atoms with Gasteiger partial charge in [-0.15, -0.1) is 11.3 Å². The van der Waals surface area contributed by atoms with Crippen molar-refractivity contribution < 1.29 is 0 Å². The Morgan fingerprint density at radius 1 is 1.06 bits per heavy atom. The molecular formula is C25H27BrN4OS. The summed E-state index contributed by atoms with van der Waals surface area (Å²) in [6.45, 7) is 7.25. The second-order valence-electron chi connectivity index (χ2n) is 8.27. The lowest BCUT2D eigenvalue weighted by molar-refractivity contribution is 0.513. The molecule has 0 saturated heterocycles. The second-order valence-corrected chi connectivity index (χ2v) is 10.0. The summed E-state index contributed by atoms with van der Waals surface area (Å²) in [5.74, 6) is 0.571. The number of nitrogens with zero attached hydrogens (tertiary/aromatic N) is 4. The Bertz CT molecular complexity index is 1340. The molecule has 2 aromatic heterocycles. The first-order valence-corrected chi connectivity index (χ1v) is 12.4. The average Bonchev–Trinajstić information content (AvgIpc) is 3.27. The van der Waals surface area contributed by atoms with Crippen LogP contribution < -0.4 is 10.4 Å². The Morgan fingerprint density at radius 3 is 2.41 bits per heavy atom. The van der Waals surface area contributed by atoms with E-state index in [0.717, 1.165) is 44.9 Å². The summed E-state index contributed by atoms with van der Waals surface area (Å²) >= 11 is 5.10. The van der Waals surface area contributed by atoms with Gasteiger partial charge in [0.15, 0.2) is 10.5 Å². The van der Waals surface area contributed by atoms with Gasteiger partial charge >= 0.3 is 0 Å². The van der Waals surface area contributed by atoms with Crippen LogP contribution in [0, 0.1) is 12.8 Å². The average molecular weight is 511 g/mol. The summed E-state index contributed by atoms with van der Waals surface area (Å²) in [5.41, 5.74) is 4.32. The number of hydrogen-bond acceptors (Lipinski definition) is 3. The number of rotatable bonds is 6. The van der Waals surface area contributed by atoms with E-state index in [1.165, 1.54) is 0 Å². The molecule has 0 aliphatic rings. The topological polar surface area (TPSA) is 44.2 Å². The molecule has 7 heteroatoms. The zero-order valence-electron chi connectivity index (χ0n) is 18.7. The van der Waals surface area contributed by atoms with Gasteiger partial charge < -0.3 is 4.57 Å². The normalized spacial score (nSPS) is 12.1. The van der Waals surface area contributed by atoms with Gasteiger partial charge in [0.05, 0.1) is 17.1 Å². The molecule has 0 fully saturated rings. The third-order valence-electron chi connectivity index (χ3n) is 5.60. The summed E-state index contributed by atoms with van der Waals surface area (Å²) in [4.78, 5) is 19.1. The maximum atomic E-state index is 13.3. The lowest BCUT2D eigenvalue weighted by atomic mass is 10.1. The maximum Gasteiger partial charge on any atom is 0.297 e. The fourth-order valence-corrected chi connectivity index (χ4v) is 4.86. The Balaban J connectivity index is 1.88. The van der Waals surface area contributed by atoms with Gasteiger partial charge in [0.25, 0.3) is 5.56 Å². The van der Waals surface area contributed by atoms with Crippen LogP contribution in [0.5, 0.6) is 0 Å². The van der Waals surface area contributed by atoms with Crippen molar-refractivity contribution >= 4 is 33.0 Å². The quantitative estimate of drug-likeness (QED) is 0.311. The minimum absolute atomic E-state index is 0.106. The molecule has 4 aromatic rings. The number of aromatic nitrogens is 3. The summed E-state index contributed by atoms with van der Waals surface area (Å²) in [5, 5.41) is 2.14. The summed E-state index contributed by atoms with van der Waals surface area (Å²) in [6, 6.07) is 18.0. The minimum Gasteiger partial charge on any atom is -0.316 e. The van der Waals surface area contributed by atoms with E-state index < -0.39 is 0 Å². The molecule has 5 nitrogen and oxygen atoms in total. The first-order valence-electron chi connectivity index (χ1n) is 10.7. The van der Waals surface area contributed by atoms with Crippen molar-refractivity contribution in [3.05, 3.63) is 85.3 Å². The number of para-hydroxylation sites is 1. The van der Waals surface area contributed by atoms with Gasteiger partial charge in [-0.1, -0.05) is 60.1 Å². The number of hydrogen-bond donors (Lipinski definition) is 0. The highest BCUT2D eigenvalue weighted by molar-refractivity contribution is 9.10. The van der Waals surface area contributed by atoms with Gasteiger partial charge in [0, 0.05) is 23.4 Å². The van der Waals surface area contributed by atoms with Crippen molar-refractivity contribution in [3.63, 3.8) is 0 Å². The van der Waals surface area contributed by atoms with Crippen LogP contribution in [-0.2, 0) is 13.6 Å². The monoisotopic (exact) mass is 510 g/mol. The molecular weight excluding hydrogens is 484 g/mol. The molecule has 2 aromatic carbocycles. The van der Waals surface area contributed by atoms with Crippen LogP contribution in [0.25, 0.3) is 16.9 Å². The second kappa shape index (κ2) is 9.46. The van der Waals surface area contributed by atoms with Crippen molar-refractivity contribution in [1.82, 2.24) is 13.9 Å². The van der Waals surface area contributed by atoms with E-state index in [1.807, 2.05) is 49.0 Å². The van der Waals surface area contributed by atoms with Crippen LogP contribution in [-0.4, -0.2) is 13.9 Å². The standard InChI is InChI=1S/C25H27BrN4OS/c1-17(2)14-15-29-22(19-10-12-20(26)13-11-19)16-32-25(29)27-23-18(3)28(4)30(24(23)31)21-8-6-5-7-9-21/h5-13,16-17H,14-15H2,1-4H3. The smallest absolute Gasteiger partial charge is 0.297 e. The van der Waals surface area contributed by atoms with Gasteiger partial charge in [-0.05, 0) is 49.1 Å². The zero-order valence-corrected chi connectivity index (χ0v) is 21.2. The van der Waals surface area contributed by atoms with Crippen molar-refractivity contribution in [2.24, 2.45) is 18.0 Å². The van der Waals surface area contributed by atoms with Crippen LogP contribution in [0.15, 0.2) is 74.2 Å². The molecule has 166 valence electrons. The third kappa shape index (κ3) is 4.45. The van der Waals surface area contributed by atoms with Gasteiger partial charge in [-0.25, -0.2) is 9.67 Å². The van der Waals surface area contributed by atoms with E-state index in [0.29, 0.717) is 11.6 Å². The van der Waals surface area contributed by atoms with E-state index in [-0.39, 0.29) is 5.56 Å². The predicted octanol–water partition coefficient (Wildman–Crippen LogP) is 6.06. The highest BCUT2D eigenvalue weighted by Gasteiger charge is 2.17. The highest BCUT2D eigenvalue weighted by atomic mass is 79.9. The molecule has 0 N–H and O–H groups in total. The summed E-state index contributed by atoms with van der Waals surface area (Å²) in [7, 11) is 1.90. The van der Waals surface area contributed by atoms with E-state index in [1.54, 1.807) is 16.0 Å². The third-order valence-corrected chi connectivity index (χ3v) is 6.99. The SMILES string of the molecule is Cc1c(N=c2scc(-c3ccc(Br)cc3)n2CCC(C)C)c(=O)n(-c2ccccc2)n1C. The highest BCUT2D eigenvalue weighted by Crippen LogP contribution is 2.24. The predicted molar refractivity (Wildman–Crippen MR) is 136 cm³/mol. The molecule has 0 amide bonds. The molecule has 0 aliphatic carbocycles. The molecule has 4 rings (SSSR count). The van der Waals surface area contributed by atoms with Gasteiger partial charge in [-0.3, -0.25) is 9.48 Å². The number of benzene rings is 2. The maximum absolute atomic E-state index is 13.3. The fraction of sp³-hybridized carbons (Fsp3) is 0.280. The van der Waals surface area contributed by atoms with Gasteiger partial charge in [0.1, 0.15) is 0 Å². The van der Waals surface area contributed by atoms with E-state index in [4.69, 9.17) is 4.99 Å². The first-order chi connectivity index (χ1) is 15.4. The molecule has 0 saturated carbocycles. The Kier molecular flexibility index (Phi) is 6.67. The van der Waals surface area contributed by atoms with Crippen molar-refractivity contribution in [2.45, 2.75) is 33.7 Å². The largest absolute Gasteiger partial charge is 0.316 e. The summed E-state index contributed by atoms with van der Waals surface area (Å²) < 4.78 is 6.84. The Hall–Kier alpha value is -2.64. The molecule has 0 aliphatic heterocycles. The zero-order chi connectivity index (χ0) is 22.8.